The highest BCUT2D eigenvalue weighted by atomic mass is 19.3. The number of oxazole rings is 1. The van der Waals surface area contributed by atoms with E-state index < -0.39 is 6.61 Å². The van der Waals surface area contributed by atoms with Gasteiger partial charge < -0.3 is 19.2 Å². The molecule has 0 fully saturated rings. The third kappa shape index (κ3) is 4.51. The predicted molar refractivity (Wildman–Crippen MR) is 72.2 cm³/mol. The minimum atomic E-state index is -2.89. The maximum atomic E-state index is 12.4. The number of halogens is 2. The second kappa shape index (κ2) is 7.70. The molecule has 0 aliphatic rings. The van der Waals surface area contributed by atoms with Gasteiger partial charge in [-0.05, 0) is 12.1 Å². The molecule has 5 nitrogen and oxygen atoms in total. The fraction of sp³-hybridized carbons (Fsp3) is 0.357. The first kappa shape index (κ1) is 15.4. The zero-order valence-electron chi connectivity index (χ0n) is 11.5. The Hall–Kier alpha value is -1.99. The van der Waals surface area contributed by atoms with E-state index in [1.165, 1.54) is 12.3 Å². The average Bonchev–Trinajstić information content (AvgIpc) is 2.92. The molecule has 0 bridgehead atoms. The minimum absolute atomic E-state index is 0.0354. The fourth-order valence-corrected chi connectivity index (χ4v) is 1.74. The number of alkyl halides is 2. The van der Waals surface area contributed by atoms with Crippen molar-refractivity contribution in [2.24, 2.45) is 0 Å². The largest absolute Gasteiger partial charge is 0.444 e. The number of nitrogens with one attached hydrogen (secondary N) is 1. The Morgan fingerprint density at radius 2 is 2.14 bits per heavy atom. The number of hydrogen-bond donors (Lipinski definition) is 1. The highest BCUT2D eigenvalue weighted by Crippen LogP contribution is 2.30. The number of ether oxygens (including phenoxy) is 2. The summed E-state index contributed by atoms with van der Waals surface area (Å²) in [5, 5.41) is 3.12. The molecule has 1 N–H and O–H groups in total. The van der Waals surface area contributed by atoms with Crippen molar-refractivity contribution in [1.82, 2.24) is 10.3 Å². The van der Waals surface area contributed by atoms with Crippen LogP contribution in [0.4, 0.5) is 8.78 Å². The maximum Gasteiger partial charge on any atom is 0.387 e. The molecule has 21 heavy (non-hydrogen) atoms. The van der Waals surface area contributed by atoms with Crippen molar-refractivity contribution >= 4 is 0 Å². The number of rotatable bonds is 8. The summed E-state index contributed by atoms with van der Waals surface area (Å²) in [6, 6.07) is 6.37. The molecule has 0 unspecified atom stereocenters. The van der Waals surface area contributed by atoms with Crippen LogP contribution in [-0.2, 0) is 11.3 Å². The Labute approximate surface area is 120 Å². The van der Waals surface area contributed by atoms with Gasteiger partial charge in [-0.15, -0.1) is 0 Å². The van der Waals surface area contributed by atoms with Crippen LogP contribution in [0, 0.1) is 0 Å². The lowest BCUT2D eigenvalue weighted by Crippen LogP contribution is -2.18. The molecule has 0 saturated heterocycles. The zero-order chi connectivity index (χ0) is 15.1. The highest BCUT2D eigenvalue weighted by molar-refractivity contribution is 5.62. The molecule has 2 rings (SSSR count). The van der Waals surface area contributed by atoms with E-state index in [0.717, 1.165) is 0 Å². The number of nitrogens with zero attached hydrogens (tertiary/aromatic N) is 1. The lowest BCUT2D eigenvalue weighted by atomic mass is 10.2. The van der Waals surface area contributed by atoms with Gasteiger partial charge in [0.1, 0.15) is 12.0 Å². The van der Waals surface area contributed by atoms with Crippen LogP contribution in [0.5, 0.6) is 5.75 Å². The first-order valence-corrected chi connectivity index (χ1v) is 6.39. The van der Waals surface area contributed by atoms with Crippen LogP contribution in [0.2, 0.25) is 0 Å². The quantitative estimate of drug-likeness (QED) is 0.759. The molecule has 0 radical (unpaired) electrons. The van der Waals surface area contributed by atoms with E-state index in [2.05, 4.69) is 15.0 Å². The summed E-state index contributed by atoms with van der Waals surface area (Å²) in [6.45, 7) is -1.11. The van der Waals surface area contributed by atoms with Crippen LogP contribution in [0.1, 0.15) is 5.69 Å². The normalized spacial score (nSPS) is 11.0. The van der Waals surface area contributed by atoms with E-state index >= 15 is 0 Å². The molecule has 0 aliphatic heterocycles. The molecule has 0 aliphatic carbocycles. The number of methoxy groups -OCH3 is 1. The summed E-state index contributed by atoms with van der Waals surface area (Å²) >= 11 is 0. The standard InChI is InChI=1S/C14H16F2N2O3/c1-19-7-6-17-8-10-9-20-13(18-10)11-4-2-3-5-12(11)21-14(15)16/h2-5,9,14,17H,6-8H2,1H3. The second-order valence-electron chi connectivity index (χ2n) is 4.19. The van der Waals surface area contributed by atoms with Crippen molar-refractivity contribution in [1.29, 1.82) is 0 Å². The fourth-order valence-electron chi connectivity index (χ4n) is 1.74. The molecule has 1 heterocycles. The van der Waals surface area contributed by atoms with E-state index in [1.807, 2.05) is 0 Å². The molecule has 0 spiro atoms. The van der Waals surface area contributed by atoms with Crippen LogP contribution >= 0.6 is 0 Å². The highest BCUT2D eigenvalue weighted by Gasteiger charge is 2.14. The van der Waals surface area contributed by atoms with Crippen molar-refractivity contribution in [3.63, 3.8) is 0 Å². The smallest absolute Gasteiger partial charge is 0.387 e. The van der Waals surface area contributed by atoms with E-state index in [-0.39, 0.29) is 11.6 Å². The van der Waals surface area contributed by atoms with Gasteiger partial charge in [-0.2, -0.15) is 8.78 Å². The van der Waals surface area contributed by atoms with Crippen LogP contribution in [0.15, 0.2) is 34.9 Å². The molecule has 114 valence electrons. The summed E-state index contributed by atoms with van der Waals surface area (Å²) in [7, 11) is 1.62. The summed E-state index contributed by atoms with van der Waals surface area (Å²) in [6.07, 6.45) is 1.48. The summed E-state index contributed by atoms with van der Waals surface area (Å²) in [5.74, 6) is 0.281. The zero-order valence-corrected chi connectivity index (χ0v) is 11.5. The first-order valence-electron chi connectivity index (χ1n) is 6.39. The molecule has 2 aromatic rings. The molecule has 0 atom stereocenters. The maximum absolute atomic E-state index is 12.4. The molecular weight excluding hydrogens is 282 g/mol. The van der Waals surface area contributed by atoms with Gasteiger partial charge in [0.2, 0.25) is 5.89 Å². The average molecular weight is 298 g/mol. The summed E-state index contributed by atoms with van der Waals surface area (Å²) in [4.78, 5) is 4.25. The Kier molecular flexibility index (Phi) is 5.65. The van der Waals surface area contributed by atoms with Gasteiger partial charge in [-0.25, -0.2) is 4.98 Å². The van der Waals surface area contributed by atoms with Gasteiger partial charge in [0.15, 0.2) is 0 Å². The van der Waals surface area contributed by atoms with Gasteiger partial charge >= 0.3 is 6.61 Å². The molecular formula is C14H16F2N2O3. The van der Waals surface area contributed by atoms with Crippen LogP contribution in [0.3, 0.4) is 0 Å². The van der Waals surface area contributed by atoms with Gasteiger partial charge in [0.25, 0.3) is 0 Å². The number of para-hydroxylation sites is 1. The van der Waals surface area contributed by atoms with Gasteiger partial charge in [-0.3, -0.25) is 0 Å². The SMILES string of the molecule is COCCNCc1coc(-c2ccccc2OC(F)F)n1. The Bertz CT molecular complexity index is 561. The van der Waals surface area contributed by atoms with E-state index in [0.29, 0.717) is 31.0 Å². The van der Waals surface area contributed by atoms with Crippen molar-refractivity contribution in [3.05, 3.63) is 36.2 Å². The summed E-state index contributed by atoms with van der Waals surface area (Å²) in [5.41, 5.74) is 1.06. The van der Waals surface area contributed by atoms with Crippen molar-refractivity contribution < 1.29 is 22.7 Å². The lowest BCUT2D eigenvalue weighted by molar-refractivity contribution is -0.0495. The van der Waals surface area contributed by atoms with Gasteiger partial charge in [0, 0.05) is 20.2 Å². The van der Waals surface area contributed by atoms with Crippen LogP contribution < -0.4 is 10.1 Å². The molecule has 0 saturated carbocycles. The van der Waals surface area contributed by atoms with Gasteiger partial charge in [-0.1, -0.05) is 12.1 Å². The molecule has 0 amide bonds. The summed E-state index contributed by atoms with van der Waals surface area (Å²) < 4.78 is 39.4. The number of aromatic nitrogens is 1. The lowest BCUT2D eigenvalue weighted by Gasteiger charge is -2.07. The first-order chi connectivity index (χ1) is 10.2. The second-order valence-corrected chi connectivity index (χ2v) is 4.19. The number of hydrogen-bond acceptors (Lipinski definition) is 5. The van der Waals surface area contributed by atoms with E-state index in [1.54, 1.807) is 25.3 Å². The van der Waals surface area contributed by atoms with Gasteiger partial charge in [0.05, 0.1) is 17.9 Å². The number of benzene rings is 1. The topological polar surface area (TPSA) is 56.5 Å². The third-order valence-corrected chi connectivity index (χ3v) is 2.67. The van der Waals surface area contributed by atoms with Crippen LogP contribution in [-0.4, -0.2) is 31.9 Å². The monoisotopic (exact) mass is 298 g/mol. The predicted octanol–water partition coefficient (Wildman–Crippen LogP) is 2.68. The Morgan fingerprint density at radius 3 is 2.90 bits per heavy atom. The van der Waals surface area contributed by atoms with Crippen molar-refractivity contribution in [3.8, 4) is 17.2 Å². The van der Waals surface area contributed by atoms with Crippen molar-refractivity contribution in [2.45, 2.75) is 13.2 Å². The minimum Gasteiger partial charge on any atom is -0.444 e. The molecule has 7 heteroatoms. The molecule has 1 aromatic carbocycles. The Balaban J connectivity index is 2.07. The van der Waals surface area contributed by atoms with Crippen LogP contribution in [0.25, 0.3) is 11.5 Å². The third-order valence-electron chi connectivity index (χ3n) is 2.67. The van der Waals surface area contributed by atoms with E-state index in [4.69, 9.17) is 9.15 Å². The van der Waals surface area contributed by atoms with Crippen molar-refractivity contribution in [2.75, 3.05) is 20.3 Å². The van der Waals surface area contributed by atoms with E-state index in [9.17, 15) is 8.78 Å². The molecule has 1 aromatic heterocycles. The Morgan fingerprint density at radius 1 is 1.33 bits per heavy atom.